The number of carbonyl (C=O) groups is 2. The van der Waals surface area contributed by atoms with E-state index in [0.29, 0.717) is 31.6 Å². The lowest BCUT2D eigenvalue weighted by molar-refractivity contribution is -0.384. The Hall–Kier alpha value is -3.56. The van der Waals surface area contributed by atoms with Crippen LogP contribution in [-0.2, 0) is 9.59 Å². The Labute approximate surface area is 177 Å². The number of para-hydroxylation sites is 2. The molecule has 0 aliphatic carbocycles. The van der Waals surface area contributed by atoms with Crippen LogP contribution in [0.1, 0.15) is 24.4 Å². The molecule has 1 saturated heterocycles. The smallest absolute Gasteiger partial charge is 0.292 e. The van der Waals surface area contributed by atoms with Gasteiger partial charge in [-0.2, -0.15) is 0 Å². The average molecular weight is 432 g/mol. The summed E-state index contributed by atoms with van der Waals surface area (Å²) in [6, 6.07) is 8.28. The maximum Gasteiger partial charge on any atom is 0.292 e. The first kappa shape index (κ1) is 22.1. The van der Waals surface area contributed by atoms with Crippen LogP contribution in [0.25, 0.3) is 0 Å². The number of nitrogens with one attached hydrogen (secondary N) is 2. The van der Waals surface area contributed by atoms with Gasteiger partial charge in [-0.1, -0.05) is 18.2 Å². The Balaban J connectivity index is 1.68. The maximum atomic E-state index is 13.6. The monoisotopic (exact) mass is 432 g/mol. The van der Waals surface area contributed by atoms with Gasteiger partial charge >= 0.3 is 0 Å². The average Bonchev–Trinajstić information content (AvgIpc) is 2.78. The van der Waals surface area contributed by atoms with E-state index in [4.69, 9.17) is 0 Å². The highest BCUT2D eigenvalue weighted by atomic mass is 19.2. The number of benzene rings is 2. The number of carbonyl (C=O) groups excluding carboxylic acids is 2. The number of hydrogen-bond donors (Lipinski definition) is 2. The molecule has 0 radical (unpaired) electrons. The van der Waals surface area contributed by atoms with Crippen molar-refractivity contribution in [3.8, 4) is 0 Å². The molecule has 2 aromatic carbocycles. The van der Waals surface area contributed by atoms with Gasteiger partial charge in [0.05, 0.1) is 4.92 Å². The number of amides is 2. The lowest BCUT2D eigenvalue weighted by Crippen LogP contribution is -2.45. The Kier molecular flexibility index (Phi) is 6.78. The highest BCUT2D eigenvalue weighted by Gasteiger charge is 2.31. The predicted octanol–water partition coefficient (Wildman–Crippen LogP) is 2.69. The van der Waals surface area contributed by atoms with Crippen molar-refractivity contribution in [1.82, 2.24) is 10.6 Å². The third kappa shape index (κ3) is 4.96. The lowest BCUT2D eigenvalue weighted by atomic mass is 9.94. The number of nitrogens with zero attached hydrogens (tertiary/aromatic N) is 2. The molecule has 164 valence electrons. The number of rotatable bonds is 6. The topological polar surface area (TPSA) is 105 Å². The molecule has 0 saturated carbocycles. The van der Waals surface area contributed by atoms with Crippen molar-refractivity contribution in [3.05, 3.63) is 69.8 Å². The van der Waals surface area contributed by atoms with E-state index in [2.05, 4.69) is 10.6 Å². The van der Waals surface area contributed by atoms with Gasteiger partial charge in [-0.25, -0.2) is 8.78 Å². The van der Waals surface area contributed by atoms with Crippen molar-refractivity contribution in [1.29, 1.82) is 0 Å². The summed E-state index contributed by atoms with van der Waals surface area (Å²) in [4.78, 5) is 37.7. The molecular weight excluding hydrogens is 410 g/mol. The fourth-order valence-corrected chi connectivity index (χ4v) is 3.67. The first-order chi connectivity index (χ1) is 14.8. The fourth-order valence-electron chi connectivity index (χ4n) is 3.67. The summed E-state index contributed by atoms with van der Waals surface area (Å²) in [5.74, 6) is -3.53. The van der Waals surface area contributed by atoms with E-state index in [-0.39, 0.29) is 17.2 Å². The first-order valence-corrected chi connectivity index (χ1v) is 9.77. The Morgan fingerprint density at radius 3 is 2.42 bits per heavy atom. The molecule has 2 N–H and O–H groups in total. The summed E-state index contributed by atoms with van der Waals surface area (Å²) < 4.78 is 26.9. The zero-order chi connectivity index (χ0) is 22.5. The van der Waals surface area contributed by atoms with Crippen LogP contribution < -0.4 is 15.5 Å². The molecule has 10 heteroatoms. The highest BCUT2D eigenvalue weighted by Crippen LogP contribution is 2.31. The summed E-state index contributed by atoms with van der Waals surface area (Å²) >= 11 is 0. The van der Waals surface area contributed by atoms with Crippen LogP contribution in [0.5, 0.6) is 0 Å². The third-order valence-electron chi connectivity index (χ3n) is 5.36. The molecule has 1 aliphatic rings. The van der Waals surface area contributed by atoms with Crippen molar-refractivity contribution in [3.63, 3.8) is 0 Å². The SMILES string of the molecule is CNC(=O)C(NC(=O)C1CCN(c2ccccc2[N+](=O)[O-])CC1)c1ccc(F)c(F)c1. The van der Waals surface area contributed by atoms with Crippen LogP contribution in [0.15, 0.2) is 42.5 Å². The summed E-state index contributed by atoms with van der Waals surface area (Å²) in [6.07, 6.45) is 0.853. The fraction of sp³-hybridized carbons (Fsp3) is 0.333. The van der Waals surface area contributed by atoms with Crippen molar-refractivity contribution in [2.45, 2.75) is 18.9 Å². The quantitative estimate of drug-likeness (QED) is 0.540. The maximum absolute atomic E-state index is 13.6. The van der Waals surface area contributed by atoms with Crippen molar-refractivity contribution in [2.75, 3.05) is 25.0 Å². The summed E-state index contributed by atoms with van der Waals surface area (Å²) in [7, 11) is 1.38. The number of anilines is 1. The minimum absolute atomic E-state index is 0.00317. The minimum atomic E-state index is -1.17. The van der Waals surface area contributed by atoms with E-state index >= 15 is 0 Å². The summed E-state index contributed by atoms with van der Waals surface area (Å²) in [5.41, 5.74) is 0.628. The second kappa shape index (κ2) is 9.50. The van der Waals surface area contributed by atoms with Gasteiger partial charge in [0.25, 0.3) is 5.69 Å². The molecule has 2 amide bonds. The van der Waals surface area contributed by atoms with E-state index in [0.717, 1.165) is 12.1 Å². The van der Waals surface area contributed by atoms with Gasteiger partial charge in [-0.05, 0) is 36.6 Å². The minimum Gasteiger partial charge on any atom is -0.366 e. The van der Waals surface area contributed by atoms with E-state index < -0.39 is 34.4 Å². The van der Waals surface area contributed by atoms with Crippen LogP contribution >= 0.6 is 0 Å². The molecular formula is C21H22F2N4O4. The largest absolute Gasteiger partial charge is 0.366 e. The van der Waals surface area contributed by atoms with Gasteiger partial charge in [0, 0.05) is 32.1 Å². The number of halogens is 2. The molecule has 1 heterocycles. The first-order valence-electron chi connectivity index (χ1n) is 9.77. The van der Waals surface area contributed by atoms with E-state index in [1.807, 2.05) is 4.90 Å². The molecule has 1 fully saturated rings. The Bertz CT molecular complexity index is 993. The Morgan fingerprint density at radius 2 is 1.81 bits per heavy atom. The number of likely N-dealkylation sites (N-methyl/N-ethyl adjacent to an activating group) is 1. The van der Waals surface area contributed by atoms with Crippen LogP contribution in [0.2, 0.25) is 0 Å². The molecule has 2 aromatic rings. The molecule has 31 heavy (non-hydrogen) atoms. The number of hydrogen-bond acceptors (Lipinski definition) is 5. The predicted molar refractivity (Wildman–Crippen MR) is 109 cm³/mol. The number of nitro groups is 1. The molecule has 0 aromatic heterocycles. The van der Waals surface area contributed by atoms with Crippen molar-refractivity contribution < 1.29 is 23.3 Å². The van der Waals surface area contributed by atoms with Gasteiger partial charge in [-0.3, -0.25) is 19.7 Å². The van der Waals surface area contributed by atoms with Crippen molar-refractivity contribution in [2.24, 2.45) is 5.92 Å². The van der Waals surface area contributed by atoms with Crippen LogP contribution in [0.4, 0.5) is 20.2 Å². The molecule has 1 atom stereocenters. The molecule has 8 nitrogen and oxygen atoms in total. The normalized spacial score (nSPS) is 15.3. The van der Waals surface area contributed by atoms with Gasteiger partial charge < -0.3 is 15.5 Å². The highest BCUT2D eigenvalue weighted by molar-refractivity contribution is 5.89. The van der Waals surface area contributed by atoms with Gasteiger partial charge in [0.15, 0.2) is 11.6 Å². The number of piperidine rings is 1. The molecule has 1 aliphatic heterocycles. The molecule has 0 bridgehead atoms. The second-order valence-corrected chi connectivity index (χ2v) is 7.24. The van der Waals surface area contributed by atoms with Gasteiger partial charge in [-0.15, -0.1) is 0 Å². The zero-order valence-corrected chi connectivity index (χ0v) is 16.8. The summed E-state index contributed by atoms with van der Waals surface area (Å²) in [6.45, 7) is 0.859. The standard InChI is InChI=1S/C21H22F2N4O4/c1-24-21(29)19(14-6-7-15(22)16(23)12-14)25-20(28)13-8-10-26(11-9-13)17-4-2-3-5-18(17)27(30)31/h2-7,12-13,19H,8-11H2,1H3,(H,24,29)(H,25,28). The number of nitro benzene ring substituents is 1. The van der Waals surface area contributed by atoms with Crippen LogP contribution in [0, 0.1) is 27.7 Å². The summed E-state index contributed by atoms with van der Waals surface area (Å²) in [5, 5.41) is 16.3. The van der Waals surface area contributed by atoms with Crippen molar-refractivity contribution >= 4 is 23.2 Å². The third-order valence-corrected chi connectivity index (χ3v) is 5.36. The van der Waals surface area contributed by atoms with Crippen LogP contribution in [-0.4, -0.2) is 36.9 Å². The molecule has 3 rings (SSSR count). The zero-order valence-electron chi connectivity index (χ0n) is 16.8. The van der Waals surface area contributed by atoms with Crippen LogP contribution in [0.3, 0.4) is 0 Å². The lowest BCUT2D eigenvalue weighted by Gasteiger charge is -2.33. The van der Waals surface area contributed by atoms with E-state index in [1.165, 1.54) is 19.2 Å². The van der Waals surface area contributed by atoms with E-state index in [1.54, 1.807) is 18.2 Å². The van der Waals surface area contributed by atoms with Gasteiger partial charge in [0.1, 0.15) is 11.7 Å². The molecule has 0 spiro atoms. The Morgan fingerprint density at radius 1 is 1.13 bits per heavy atom. The van der Waals surface area contributed by atoms with Gasteiger partial charge in [0.2, 0.25) is 11.8 Å². The van der Waals surface area contributed by atoms with E-state index in [9.17, 15) is 28.5 Å². The molecule has 1 unspecified atom stereocenters. The second-order valence-electron chi connectivity index (χ2n) is 7.24.